The summed E-state index contributed by atoms with van der Waals surface area (Å²) in [5, 5.41) is 1.02. The largest absolute Gasteiger partial charge is 0.0985 e. The highest BCUT2D eigenvalue weighted by atomic mass is 28.1. The summed E-state index contributed by atoms with van der Waals surface area (Å²) in [6.45, 7) is 11.3. The number of benzene rings is 1. The van der Waals surface area contributed by atoms with Crippen LogP contribution in [0.15, 0.2) is 31.9 Å². The molecule has 0 fully saturated rings. The molecule has 0 aliphatic heterocycles. The molecule has 63 valence electrons. The predicted molar refractivity (Wildman–Crippen MR) is 62.1 cm³/mol. The Hall–Kier alpha value is -1.34. The van der Waals surface area contributed by atoms with Crippen molar-refractivity contribution in [3.05, 3.63) is 48.6 Å². The van der Waals surface area contributed by atoms with Crippen LogP contribution in [0.1, 0.15) is 16.7 Å². The van der Waals surface area contributed by atoms with Gasteiger partial charge in [0.1, 0.15) is 0 Å². The van der Waals surface area contributed by atoms with Crippen LogP contribution in [-0.4, -0.2) is 10.2 Å². The summed E-state index contributed by atoms with van der Waals surface area (Å²) in [6.07, 6.45) is 5.44. The molecule has 1 aromatic rings. The van der Waals surface area contributed by atoms with Crippen molar-refractivity contribution >= 4 is 33.7 Å². The van der Waals surface area contributed by atoms with E-state index in [-0.39, 0.29) is 0 Å². The Balaban J connectivity index is 3.53. The highest BCUT2D eigenvalue weighted by Crippen LogP contribution is 2.16. The lowest BCUT2D eigenvalue weighted by molar-refractivity contribution is 1.62. The first-order chi connectivity index (χ1) is 6.24. The van der Waals surface area contributed by atoms with E-state index >= 15 is 0 Å². The van der Waals surface area contributed by atoms with E-state index < -0.39 is 0 Å². The Bertz CT molecular complexity index is 362. The minimum absolute atomic E-state index is 1.02. The summed E-state index contributed by atoms with van der Waals surface area (Å²) in [4.78, 5) is 0. The monoisotopic (exact) mass is 183 g/mol. The van der Waals surface area contributed by atoms with E-state index in [4.69, 9.17) is 0 Å². The molecule has 0 unspecified atom stereocenters. The molecule has 1 rings (SSSR count). The third-order valence-corrected chi connectivity index (χ3v) is 2.39. The molecule has 3 radical (unpaired) electrons. The average Bonchev–Trinajstić information content (AvgIpc) is 2.17. The summed E-state index contributed by atoms with van der Waals surface area (Å²) < 4.78 is 0. The smallest absolute Gasteiger partial charge is 0.0720 e. The third kappa shape index (κ3) is 1.70. The van der Waals surface area contributed by atoms with E-state index in [0.717, 1.165) is 21.9 Å². The van der Waals surface area contributed by atoms with Gasteiger partial charge >= 0.3 is 0 Å². The fourth-order valence-corrected chi connectivity index (χ4v) is 1.60. The van der Waals surface area contributed by atoms with Gasteiger partial charge in [-0.3, -0.25) is 0 Å². The minimum atomic E-state index is 1.02. The van der Waals surface area contributed by atoms with Crippen LogP contribution in [-0.2, 0) is 0 Å². The third-order valence-electron chi connectivity index (χ3n) is 1.95. The van der Waals surface area contributed by atoms with Crippen molar-refractivity contribution in [3.8, 4) is 0 Å². The lowest BCUT2D eigenvalue weighted by Gasteiger charge is -2.08. The van der Waals surface area contributed by atoms with E-state index in [0.29, 0.717) is 0 Å². The fourth-order valence-electron chi connectivity index (χ4n) is 1.28. The topological polar surface area (TPSA) is 0 Å². The second-order valence-electron chi connectivity index (χ2n) is 2.64. The molecule has 0 saturated heterocycles. The quantitative estimate of drug-likeness (QED) is 0.631. The summed E-state index contributed by atoms with van der Waals surface area (Å²) in [7, 11) is 3.51. The highest BCUT2D eigenvalue weighted by molar-refractivity contribution is 6.34. The Morgan fingerprint density at radius 2 is 1.54 bits per heavy atom. The van der Waals surface area contributed by atoms with Crippen LogP contribution in [0.2, 0.25) is 0 Å². The van der Waals surface area contributed by atoms with Crippen molar-refractivity contribution in [1.82, 2.24) is 0 Å². The molecule has 0 spiro atoms. The zero-order chi connectivity index (χ0) is 9.84. The lowest BCUT2D eigenvalue weighted by atomic mass is 10.0. The first-order valence-corrected chi connectivity index (χ1v) is 4.50. The van der Waals surface area contributed by atoms with Crippen LogP contribution >= 0.6 is 0 Å². The molecular formula is C12H11Si. The SMILES string of the molecule is C=Cc1ccc([Si])c(C=C)c1C=C. The van der Waals surface area contributed by atoms with Crippen LogP contribution in [0, 0.1) is 0 Å². The highest BCUT2D eigenvalue weighted by Gasteiger charge is 2.02. The van der Waals surface area contributed by atoms with Gasteiger partial charge in [-0.1, -0.05) is 55.3 Å². The molecule has 0 nitrogen and oxygen atoms in total. The van der Waals surface area contributed by atoms with E-state index in [1.807, 2.05) is 30.4 Å². The van der Waals surface area contributed by atoms with Gasteiger partial charge in [0.15, 0.2) is 0 Å². The number of hydrogen-bond donors (Lipinski definition) is 0. The molecular weight excluding hydrogens is 172 g/mol. The van der Waals surface area contributed by atoms with Crippen LogP contribution < -0.4 is 5.19 Å². The van der Waals surface area contributed by atoms with Crippen molar-refractivity contribution in [2.24, 2.45) is 0 Å². The van der Waals surface area contributed by atoms with Gasteiger partial charge in [-0.2, -0.15) is 0 Å². The molecule has 0 bridgehead atoms. The molecule has 0 amide bonds. The van der Waals surface area contributed by atoms with E-state index in [1.54, 1.807) is 0 Å². The summed E-state index contributed by atoms with van der Waals surface area (Å²) in [5.74, 6) is 0. The minimum Gasteiger partial charge on any atom is -0.0985 e. The number of rotatable bonds is 3. The molecule has 0 heterocycles. The van der Waals surface area contributed by atoms with Gasteiger partial charge in [0.2, 0.25) is 0 Å². The molecule has 1 aromatic carbocycles. The number of hydrogen-bond acceptors (Lipinski definition) is 0. The summed E-state index contributed by atoms with van der Waals surface area (Å²) in [5.41, 5.74) is 3.20. The zero-order valence-electron chi connectivity index (χ0n) is 7.51. The van der Waals surface area contributed by atoms with E-state index in [9.17, 15) is 0 Å². The first kappa shape index (κ1) is 9.74. The molecule has 0 saturated carbocycles. The first-order valence-electron chi connectivity index (χ1n) is 4.00. The molecule has 0 aliphatic rings. The Kier molecular flexibility index (Phi) is 3.04. The van der Waals surface area contributed by atoms with Gasteiger partial charge in [-0.25, -0.2) is 0 Å². The summed E-state index contributed by atoms with van der Waals surface area (Å²) in [6, 6.07) is 3.98. The molecule has 13 heavy (non-hydrogen) atoms. The van der Waals surface area contributed by atoms with Crippen molar-refractivity contribution in [2.45, 2.75) is 0 Å². The van der Waals surface area contributed by atoms with Crippen molar-refractivity contribution in [3.63, 3.8) is 0 Å². The Labute approximate surface area is 82.7 Å². The van der Waals surface area contributed by atoms with Crippen molar-refractivity contribution < 1.29 is 0 Å². The zero-order valence-corrected chi connectivity index (χ0v) is 8.51. The molecule has 1 heteroatoms. The molecule has 0 N–H and O–H groups in total. The van der Waals surface area contributed by atoms with Crippen LogP contribution in [0.3, 0.4) is 0 Å². The van der Waals surface area contributed by atoms with Crippen LogP contribution in [0.5, 0.6) is 0 Å². The van der Waals surface area contributed by atoms with Gasteiger partial charge in [-0.05, 0) is 16.7 Å². The van der Waals surface area contributed by atoms with Gasteiger partial charge in [-0.15, -0.1) is 0 Å². The fraction of sp³-hybridized carbons (Fsp3) is 0. The maximum atomic E-state index is 3.77. The second kappa shape index (κ2) is 4.05. The van der Waals surface area contributed by atoms with Crippen molar-refractivity contribution in [1.29, 1.82) is 0 Å². The van der Waals surface area contributed by atoms with Crippen LogP contribution in [0.25, 0.3) is 18.2 Å². The maximum absolute atomic E-state index is 3.77. The standard InChI is InChI=1S/C12H11Si/c1-4-9-7-8-12(13)11(6-3)10(9)5-2/h4-8H,1-3H2. The predicted octanol–water partition coefficient (Wildman–Crippen LogP) is 2.41. The molecule has 0 aliphatic carbocycles. The van der Waals surface area contributed by atoms with Gasteiger partial charge < -0.3 is 0 Å². The second-order valence-corrected chi connectivity index (χ2v) is 3.18. The van der Waals surface area contributed by atoms with E-state index in [1.165, 1.54) is 0 Å². The van der Waals surface area contributed by atoms with E-state index in [2.05, 4.69) is 30.0 Å². The molecule has 0 atom stereocenters. The van der Waals surface area contributed by atoms with Crippen LogP contribution in [0.4, 0.5) is 0 Å². The lowest BCUT2D eigenvalue weighted by Crippen LogP contribution is -2.09. The average molecular weight is 183 g/mol. The Morgan fingerprint density at radius 3 is 2.00 bits per heavy atom. The van der Waals surface area contributed by atoms with Gasteiger partial charge in [0.25, 0.3) is 0 Å². The molecule has 0 aromatic heterocycles. The summed E-state index contributed by atoms with van der Waals surface area (Å²) >= 11 is 0. The Morgan fingerprint density at radius 1 is 0.923 bits per heavy atom. The maximum Gasteiger partial charge on any atom is 0.0720 e. The normalized spacial score (nSPS) is 9.31. The van der Waals surface area contributed by atoms with Crippen molar-refractivity contribution in [2.75, 3.05) is 0 Å². The van der Waals surface area contributed by atoms with Gasteiger partial charge in [0, 0.05) is 0 Å². The van der Waals surface area contributed by atoms with Gasteiger partial charge in [0.05, 0.1) is 10.2 Å².